The summed E-state index contributed by atoms with van der Waals surface area (Å²) in [4.78, 5) is 23.5. The van der Waals surface area contributed by atoms with E-state index in [9.17, 15) is 24.6 Å². The number of anilines is 1. The smallest absolute Gasteiger partial charge is 0.469 e. The summed E-state index contributed by atoms with van der Waals surface area (Å²) in [6.45, 7) is 3.05. The van der Waals surface area contributed by atoms with Crippen LogP contribution in [0.4, 0.5) is 5.69 Å². The van der Waals surface area contributed by atoms with Crippen LogP contribution in [0.25, 0.3) is 0 Å². The van der Waals surface area contributed by atoms with Crippen molar-refractivity contribution in [2.24, 2.45) is 0 Å². The molecule has 4 N–H and O–H groups in total. The molecule has 0 bridgehead atoms. The van der Waals surface area contributed by atoms with E-state index in [1.807, 2.05) is 18.2 Å². The number of rotatable bonds is 9. The number of aromatic nitrogens is 1. The first-order valence-electron chi connectivity index (χ1n) is 13.4. The number of benzene rings is 1. The van der Waals surface area contributed by atoms with Crippen molar-refractivity contribution in [2.75, 3.05) is 37.6 Å². The summed E-state index contributed by atoms with van der Waals surface area (Å²) in [7, 11) is -4.77. The minimum absolute atomic E-state index is 0.0322. The maximum Gasteiger partial charge on any atom is 0.469 e. The first-order chi connectivity index (χ1) is 17.8. The van der Waals surface area contributed by atoms with Crippen molar-refractivity contribution in [3.8, 4) is 17.5 Å². The highest BCUT2D eigenvalue weighted by Gasteiger charge is 2.31. The number of phosphoric ester groups is 1. The van der Waals surface area contributed by atoms with Crippen LogP contribution < -0.4 is 9.64 Å². The maximum atomic E-state index is 11.8. The zero-order chi connectivity index (χ0) is 26.0. The summed E-state index contributed by atoms with van der Waals surface area (Å²) in [5, 5.41) is 21.4. The predicted molar refractivity (Wildman–Crippen MR) is 139 cm³/mol. The highest BCUT2D eigenvalue weighted by molar-refractivity contribution is 7.46. The minimum Gasteiger partial charge on any atom is -0.494 e. The maximum absolute atomic E-state index is 11.8. The zero-order valence-electron chi connectivity index (χ0n) is 21.2. The van der Waals surface area contributed by atoms with Crippen LogP contribution in [0.2, 0.25) is 0 Å². The van der Waals surface area contributed by atoms with Gasteiger partial charge in [-0.15, -0.1) is 0 Å². The van der Waals surface area contributed by atoms with Gasteiger partial charge in [0, 0.05) is 43.9 Å². The van der Waals surface area contributed by atoms with Crippen LogP contribution in [0.5, 0.6) is 17.5 Å². The Balaban J connectivity index is 1.24. The lowest BCUT2D eigenvalue weighted by Gasteiger charge is -2.38. The lowest BCUT2D eigenvalue weighted by Crippen LogP contribution is -2.49. The fourth-order valence-corrected chi connectivity index (χ4v) is 6.51. The van der Waals surface area contributed by atoms with Crippen molar-refractivity contribution in [1.82, 2.24) is 9.47 Å². The van der Waals surface area contributed by atoms with E-state index in [-0.39, 0.29) is 31.0 Å². The molecule has 0 spiro atoms. The van der Waals surface area contributed by atoms with E-state index in [0.29, 0.717) is 25.9 Å². The van der Waals surface area contributed by atoms with Crippen LogP contribution in [0.3, 0.4) is 0 Å². The topological polar surface area (TPSA) is 128 Å². The molecule has 204 valence electrons. The Labute approximate surface area is 217 Å². The fourth-order valence-electron chi connectivity index (χ4n) is 5.98. The third-order valence-corrected chi connectivity index (χ3v) is 8.40. The van der Waals surface area contributed by atoms with Crippen LogP contribution in [0, 0.1) is 0 Å². The Morgan fingerprint density at radius 2 is 1.51 bits per heavy atom. The Morgan fingerprint density at radius 1 is 0.892 bits per heavy atom. The van der Waals surface area contributed by atoms with E-state index >= 15 is 0 Å². The summed E-state index contributed by atoms with van der Waals surface area (Å²) in [5.41, 5.74) is 2.53. The molecule has 3 aliphatic rings. The number of para-hydroxylation sites is 2. The van der Waals surface area contributed by atoms with Gasteiger partial charge in [-0.05, 0) is 63.5 Å². The standard InChI is InChI=1S/C26H38N3O7P/c30-25-21-9-3-4-10-22(21)26(31)29(25)18-20(36-37(32,33)34)17-27-13-15-28(16-14-27)23-11-5-6-12-24(23)35-19-7-1-2-8-19/h5-6,11-12,19-20,30-31H,1-4,7-10,13-18H2,(H2,32,33,34). The zero-order valence-corrected chi connectivity index (χ0v) is 22.1. The average molecular weight is 536 g/mol. The van der Waals surface area contributed by atoms with Crippen LogP contribution in [-0.4, -0.2) is 74.4 Å². The van der Waals surface area contributed by atoms with Crippen LogP contribution in [0.15, 0.2) is 24.3 Å². The average Bonchev–Trinajstić information content (AvgIpc) is 3.47. The van der Waals surface area contributed by atoms with Gasteiger partial charge in [0.05, 0.1) is 18.3 Å². The lowest BCUT2D eigenvalue weighted by molar-refractivity contribution is 0.0774. The summed E-state index contributed by atoms with van der Waals surface area (Å²) < 4.78 is 24.5. The van der Waals surface area contributed by atoms with Crippen LogP contribution in [-0.2, 0) is 28.5 Å². The molecule has 0 radical (unpaired) electrons. The third-order valence-electron chi connectivity index (χ3n) is 7.83. The van der Waals surface area contributed by atoms with Gasteiger partial charge in [-0.25, -0.2) is 4.57 Å². The molecule has 1 unspecified atom stereocenters. The molecule has 0 amide bonds. The van der Waals surface area contributed by atoms with Crippen molar-refractivity contribution in [1.29, 1.82) is 0 Å². The van der Waals surface area contributed by atoms with Crippen molar-refractivity contribution >= 4 is 13.5 Å². The van der Waals surface area contributed by atoms with E-state index in [1.54, 1.807) is 0 Å². The predicted octanol–water partition coefficient (Wildman–Crippen LogP) is 3.40. The fraction of sp³-hybridized carbons (Fsp3) is 0.615. The second-order valence-electron chi connectivity index (χ2n) is 10.4. The molecular weight excluding hydrogens is 497 g/mol. The Kier molecular flexibility index (Phi) is 8.02. The molecule has 1 aliphatic heterocycles. The summed E-state index contributed by atoms with van der Waals surface area (Å²) in [6, 6.07) is 8.12. The SMILES string of the molecule is O=P(O)(O)OC(CN1CCN(c2ccccc2OC2CCCC2)CC1)Cn1c(O)c2c(c1O)CCCC2. The highest BCUT2D eigenvalue weighted by atomic mass is 31.2. The first kappa shape index (κ1) is 26.4. The molecule has 1 saturated carbocycles. The summed E-state index contributed by atoms with van der Waals surface area (Å²) in [5.74, 6) is 0.846. The molecule has 5 rings (SSSR count). The van der Waals surface area contributed by atoms with Crippen molar-refractivity contribution in [2.45, 2.75) is 70.1 Å². The minimum atomic E-state index is -4.77. The number of nitrogens with zero attached hydrogens (tertiary/aromatic N) is 3. The normalized spacial score (nSPS) is 20.2. The number of phosphoric acid groups is 1. The van der Waals surface area contributed by atoms with E-state index in [0.717, 1.165) is 61.3 Å². The van der Waals surface area contributed by atoms with Gasteiger partial charge in [0.2, 0.25) is 0 Å². The molecule has 2 fully saturated rings. The van der Waals surface area contributed by atoms with Gasteiger partial charge >= 0.3 is 7.82 Å². The molecular formula is C26H38N3O7P. The molecule has 2 heterocycles. The molecule has 1 aromatic heterocycles. The Morgan fingerprint density at radius 3 is 2.14 bits per heavy atom. The molecule has 1 atom stereocenters. The quantitative estimate of drug-likeness (QED) is 0.357. The largest absolute Gasteiger partial charge is 0.494 e. The van der Waals surface area contributed by atoms with Crippen molar-refractivity contribution in [3.05, 3.63) is 35.4 Å². The monoisotopic (exact) mass is 535 g/mol. The number of ether oxygens (including phenoxy) is 1. The number of hydrogen-bond acceptors (Lipinski definition) is 7. The van der Waals surface area contributed by atoms with Gasteiger partial charge < -0.3 is 29.6 Å². The first-order valence-corrected chi connectivity index (χ1v) is 14.9. The van der Waals surface area contributed by atoms with Crippen molar-refractivity contribution < 1.29 is 33.8 Å². The highest BCUT2D eigenvalue weighted by Crippen LogP contribution is 2.42. The van der Waals surface area contributed by atoms with E-state index < -0.39 is 13.9 Å². The molecule has 37 heavy (non-hydrogen) atoms. The number of hydrogen-bond donors (Lipinski definition) is 4. The van der Waals surface area contributed by atoms with Gasteiger partial charge in [0.1, 0.15) is 11.9 Å². The molecule has 1 aromatic carbocycles. The summed E-state index contributed by atoms with van der Waals surface area (Å²) in [6.07, 6.45) is 7.22. The van der Waals surface area contributed by atoms with E-state index in [4.69, 9.17) is 9.26 Å². The van der Waals surface area contributed by atoms with Gasteiger partial charge in [-0.1, -0.05) is 12.1 Å². The third kappa shape index (κ3) is 6.26. The molecule has 10 nitrogen and oxygen atoms in total. The van der Waals surface area contributed by atoms with E-state index in [2.05, 4.69) is 15.9 Å². The van der Waals surface area contributed by atoms with Crippen LogP contribution in [0.1, 0.15) is 49.7 Å². The molecule has 2 aliphatic carbocycles. The second kappa shape index (κ2) is 11.3. The molecule has 11 heteroatoms. The van der Waals surface area contributed by atoms with Gasteiger partial charge in [-0.2, -0.15) is 0 Å². The van der Waals surface area contributed by atoms with Gasteiger partial charge in [0.25, 0.3) is 0 Å². The van der Waals surface area contributed by atoms with Gasteiger partial charge in [-0.3, -0.25) is 14.0 Å². The molecule has 1 saturated heterocycles. The number of piperazine rings is 1. The number of aromatic hydroxyl groups is 2. The Hall–Kier alpha value is -2.23. The van der Waals surface area contributed by atoms with Gasteiger partial charge in [0.15, 0.2) is 11.8 Å². The molecule has 2 aromatic rings. The second-order valence-corrected chi connectivity index (χ2v) is 11.6. The lowest BCUT2D eigenvalue weighted by atomic mass is 9.95. The Bertz CT molecular complexity index is 1090. The number of fused-ring (bicyclic) bond motifs is 1. The van der Waals surface area contributed by atoms with E-state index in [1.165, 1.54) is 17.4 Å². The van der Waals surface area contributed by atoms with Crippen molar-refractivity contribution in [3.63, 3.8) is 0 Å². The summed E-state index contributed by atoms with van der Waals surface area (Å²) >= 11 is 0. The van der Waals surface area contributed by atoms with Crippen LogP contribution >= 0.6 is 7.82 Å².